The SMILES string of the molecule is c1ccc(-c2cccc(-c3oc(-c4ccccc4-c4cccc5c4oc4ccccc45)c4ccccc34)c2)cc1. The first-order chi connectivity index (χ1) is 19.8. The maximum atomic E-state index is 6.83. The van der Waals surface area contributed by atoms with Crippen LogP contribution in [0.3, 0.4) is 0 Å². The molecule has 8 rings (SSSR count). The van der Waals surface area contributed by atoms with E-state index in [-0.39, 0.29) is 0 Å². The van der Waals surface area contributed by atoms with E-state index in [0.29, 0.717) is 0 Å². The minimum Gasteiger partial charge on any atom is -0.455 e. The number of furan rings is 2. The molecule has 2 heterocycles. The highest BCUT2D eigenvalue weighted by molar-refractivity contribution is 6.12. The molecular weight excluding hydrogens is 488 g/mol. The zero-order valence-electron chi connectivity index (χ0n) is 21.7. The number of hydrogen-bond acceptors (Lipinski definition) is 2. The third-order valence-electron chi connectivity index (χ3n) is 7.72. The Balaban J connectivity index is 1.34. The Morgan fingerprint density at radius 2 is 0.900 bits per heavy atom. The number of hydrogen-bond donors (Lipinski definition) is 0. The fourth-order valence-electron chi connectivity index (χ4n) is 5.85. The van der Waals surface area contributed by atoms with Crippen molar-refractivity contribution in [3.63, 3.8) is 0 Å². The molecule has 0 N–H and O–H groups in total. The van der Waals surface area contributed by atoms with E-state index in [2.05, 4.69) is 127 Å². The Kier molecular flexibility index (Phi) is 5.17. The summed E-state index contributed by atoms with van der Waals surface area (Å²) >= 11 is 0. The Labute approximate surface area is 231 Å². The average molecular weight is 513 g/mol. The molecule has 188 valence electrons. The van der Waals surface area contributed by atoms with Gasteiger partial charge in [-0.05, 0) is 28.8 Å². The van der Waals surface area contributed by atoms with E-state index >= 15 is 0 Å². The molecule has 0 aliphatic heterocycles. The second kappa shape index (κ2) is 9.14. The second-order valence-corrected chi connectivity index (χ2v) is 10.1. The molecule has 0 aliphatic rings. The lowest BCUT2D eigenvalue weighted by molar-refractivity contribution is 0.602. The number of fused-ring (bicyclic) bond motifs is 4. The number of rotatable bonds is 4. The van der Waals surface area contributed by atoms with Crippen molar-refractivity contribution in [1.29, 1.82) is 0 Å². The normalized spacial score (nSPS) is 11.5. The second-order valence-electron chi connectivity index (χ2n) is 10.1. The molecule has 0 atom stereocenters. The van der Waals surface area contributed by atoms with Gasteiger partial charge in [-0.3, -0.25) is 0 Å². The zero-order valence-corrected chi connectivity index (χ0v) is 21.7. The van der Waals surface area contributed by atoms with E-state index in [1.54, 1.807) is 0 Å². The predicted octanol–water partition coefficient (Wildman–Crippen LogP) is 11.0. The Bertz CT molecular complexity index is 2160. The third kappa shape index (κ3) is 3.58. The van der Waals surface area contributed by atoms with Crippen LogP contribution in [-0.4, -0.2) is 0 Å². The minimum absolute atomic E-state index is 0.861. The van der Waals surface area contributed by atoms with Crippen molar-refractivity contribution in [3.05, 3.63) is 146 Å². The molecule has 0 bridgehead atoms. The lowest BCUT2D eigenvalue weighted by Crippen LogP contribution is -1.85. The first-order valence-electron chi connectivity index (χ1n) is 13.5. The maximum Gasteiger partial charge on any atom is 0.143 e. The van der Waals surface area contributed by atoms with Crippen LogP contribution in [0.15, 0.2) is 154 Å². The van der Waals surface area contributed by atoms with Crippen molar-refractivity contribution in [3.8, 4) is 44.9 Å². The summed E-state index contributed by atoms with van der Waals surface area (Å²) in [5.74, 6) is 1.74. The number of para-hydroxylation sites is 2. The van der Waals surface area contributed by atoms with Gasteiger partial charge in [0.05, 0.1) is 0 Å². The van der Waals surface area contributed by atoms with Gasteiger partial charge in [-0.15, -0.1) is 0 Å². The summed E-state index contributed by atoms with van der Waals surface area (Å²) in [5, 5.41) is 4.43. The van der Waals surface area contributed by atoms with Crippen molar-refractivity contribution in [2.75, 3.05) is 0 Å². The van der Waals surface area contributed by atoms with Crippen LogP contribution in [0.2, 0.25) is 0 Å². The lowest BCUT2D eigenvalue weighted by atomic mass is 9.95. The van der Waals surface area contributed by atoms with Crippen molar-refractivity contribution in [2.45, 2.75) is 0 Å². The van der Waals surface area contributed by atoms with Gasteiger partial charge >= 0.3 is 0 Å². The molecule has 0 spiro atoms. The molecule has 0 radical (unpaired) electrons. The summed E-state index contributed by atoms with van der Waals surface area (Å²) in [6.07, 6.45) is 0. The molecule has 0 saturated carbocycles. The fourth-order valence-corrected chi connectivity index (χ4v) is 5.85. The van der Waals surface area contributed by atoms with Gasteiger partial charge in [0.2, 0.25) is 0 Å². The minimum atomic E-state index is 0.861. The molecule has 8 aromatic rings. The van der Waals surface area contributed by atoms with Crippen molar-refractivity contribution in [2.24, 2.45) is 0 Å². The van der Waals surface area contributed by atoms with Crippen LogP contribution in [0.5, 0.6) is 0 Å². The van der Waals surface area contributed by atoms with Crippen LogP contribution in [-0.2, 0) is 0 Å². The van der Waals surface area contributed by atoms with Crippen LogP contribution in [0, 0.1) is 0 Å². The molecule has 2 nitrogen and oxygen atoms in total. The van der Waals surface area contributed by atoms with E-state index in [1.165, 1.54) is 5.56 Å². The molecule has 0 aliphatic carbocycles. The molecule has 0 unspecified atom stereocenters. The molecule has 0 fully saturated rings. The number of benzene rings is 6. The summed E-state index contributed by atoms with van der Waals surface area (Å²) in [6, 6.07) is 50.6. The van der Waals surface area contributed by atoms with Gasteiger partial charge in [-0.1, -0.05) is 133 Å². The fraction of sp³-hybridized carbons (Fsp3) is 0. The highest BCUT2D eigenvalue weighted by atomic mass is 16.3. The molecule has 0 amide bonds. The van der Waals surface area contributed by atoms with Crippen molar-refractivity contribution >= 4 is 32.7 Å². The summed E-state index contributed by atoms with van der Waals surface area (Å²) in [5.41, 5.74) is 8.36. The summed E-state index contributed by atoms with van der Waals surface area (Å²) in [7, 11) is 0. The van der Waals surface area contributed by atoms with Gasteiger partial charge < -0.3 is 8.83 Å². The van der Waals surface area contributed by atoms with Gasteiger partial charge in [0.1, 0.15) is 22.7 Å². The Morgan fingerprint density at radius 1 is 0.325 bits per heavy atom. The van der Waals surface area contributed by atoms with Gasteiger partial charge in [0, 0.05) is 38.2 Å². The van der Waals surface area contributed by atoms with Crippen molar-refractivity contribution < 1.29 is 8.83 Å². The monoisotopic (exact) mass is 512 g/mol. The van der Waals surface area contributed by atoms with E-state index in [4.69, 9.17) is 8.83 Å². The van der Waals surface area contributed by atoms with E-state index in [9.17, 15) is 0 Å². The Hall–Kier alpha value is -5.34. The molecule has 2 aromatic heterocycles. The van der Waals surface area contributed by atoms with E-state index in [0.717, 1.165) is 72.0 Å². The van der Waals surface area contributed by atoms with E-state index in [1.807, 2.05) is 18.2 Å². The summed E-state index contributed by atoms with van der Waals surface area (Å²) in [6.45, 7) is 0. The van der Waals surface area contributed by atoms with E-state index < -0.39 is 0 Å². The largest absolute Gasteiger partial charge is 0.455 e. The van der Waals surface area contributed by atoms with Crippen LogP contribution in [0.4, 0.5) is 0 Å². The zero-order chi connectivity index (χ0) is 26.5. The van der Waals surface area contributed by atoms with Crippen molar-refractivity contribution in [1.82, 2.24) is 0 Å². The predicted molar refractivity (Wildman–Crippen MR) is 165 cm³/mol. The van der Waals surface area contributed by atoms with Gasteiger partial charge in [-0.2, -0.15) is 0 Å². The highest BCUT2D eigenvalue weighted by Crippen LogP contribution is 2.45. The van der Waals surface area contributed by atoms with Crippen LogP contribution >= 0.6 is 0 Å². The average Bonchev–Trinajstić information content (AvgIpc) is 3.61. The van der Waals surface area contributed by atoms with Crippen LogP contribution in [0.25, 0.3) is 77.6 Å². The molecule has 0 saturated heterocycles. The quantitative estimate of drug-likeness (QED) is 0.234. The topological polar surface area (TPSA) is 26.3 Å². The molecule has 6 aromatic carbocycles. The summed E-state index contributed by atoms with van der Waals surface area (Å²) in [4.78, 5) is 0. The first-order valence-corrected chi connectivity index (χ1v) is 13.5. The molecular formula is C38H24O2. The third-order valence-corrected chi connectivity index (χ3v) is 7.72. The molecule has 40 heavy (non-hydrogen) atoms. The van der Waals surface area contributed by atoms with Gasteiger partial charge in [0.15, 0.2) is 0 Å². The lowest BCUT2D eigenvalue weighted by Gasteiger charge is -2.09. The highest BCUT2D eigenvalue weighted by Gasteiger charge is 2.21. The summed E-state index contributed by atoms with van der Waals surface area (Å²) < 4.78 is 13.2. The van der Waals surface area contributed by atoms with Crippen LogP contribution in [0.1, 0.15) is 0 Å². The Morgan fingerprint density at radius 3 is 1.75 bits per heavy atom. The van der Waals surface area contributed by atoms with Gasteiger partial charge in [-0.25, -0.2) is 0 Å². The maximum absolute atomic E-state index is 6.83. The van der Waals surface area contributed by atoms with Crippen LogP contribution < -0.4 is 0 Å². The molecule has 2 heteroatoms. The standard InChI is InChI=1S/C38H24O2/c1-2-12-25(13-3-1)26-14-10-15-27(24-26)36-33-19-6-7-20-34(33)38(40-36)30-18-5-4-16-28(30)31-21-11-22-32-29-17-8-9-23-35(29)39-37(31)32/h1-24H. The smallest absolute Gasteiger partial charge is 0.143 e. The van der Waals surface area contributed by atoms with Gasteiger partial charge in [0.25, 0.3) is 0 Å². The first kappa shape index (κ1) is 22.6.